The third-order valence-electron chi connectivity index (χ3n) is 2.23. The van der Waals surface area contributed by atoms with Gasteiger partial charge in [-0.15, -0.1) is 0 Å². The van der Waals surface area contributed by atoms with Crippen molar-refractivity contribution in [3.8, 4) is 5.82 Å². The number of hydrogen-bond donors (Lipinski definition) is 1. The van der Waals surface area contributed by atoms with Gasteiger partial charge in [0.2, 0.25) is 0 Å². The molecule has 0 aliphatic heterocycles. The Morgan fingerprint density at radius 3 is 2.94 bits per heavy atom. The molecule has 1 N–H and O–H groups in total. The number of rotatable bonds is 5. The van der Waals surface area contributed by atoms with Crippen LogP contribution in [0.4, 0.5) is 5.69 Å². The van der Waals surface area contributed by atoms with Crippen LogP contribution in [0.15, 0.2) is 31.0 Å². The van der Waals surface area contributed by atoms with Crippen molar-refractivity contribution < 1.29 is 4.74 Å². The molecule has 6 nitrogen and oxygen atoms in total. The van der Waals surface area contributed by atoms with Gasteiger partial charge in [0, 0.05) is 13.2 Å². The molecule has 6 heteroatoms. The number of aromatic nitrogens is 4. The highest BCUT2D eigenvalue weighted by Crippen LogP contribution is 2.09. The molecule has 1 atom stereocenters. The smallest absolute Gasteiger partial charge is 0.155 e. The molecular weight excluding hydrogens is 218 g/mol. The summed E-state index contributed by atoms with van der Waals surface area (Å²) >= 11 is 0. The predicted molar refractivity (Wildman–Crippen MR) is 64.1 cm³/mol. The molecule has 0 aliphatic rings. The molecular formula is C11H15N5O. The number of ether oxygens (including phenoxy) is 1. The molecule has 2 heterocycles. The molecule has 1 unspecified atom stereocenters. The van der Waals surface area contributed by atoms with Crippen LogP contribution in [0.2, 0.25) is 0 Å². The van der Waals surface area contributed by atoms with E-state index >= 15 is 0 Å². The molecule has 0 bridgehead atoms. The summed E-state index contributed by atoms with van der Waals surface area (Å²) in [5.41, 5.74) is 0.957. The third-order valence-corrected chi connectivity index (χ3v) is 2.23. The summed E-state index contributed by atoms with van der Waals surface area (Å²) in [5.74, 6) is 0.743. The van der Waals surface area contributed by atoms with Crippen LogP contribution < -0.4 is 5.32 Å². The van der Waals surface area contributed by atoms with Gasteiger partial charge in [0.15, 0.2) is 5.82 Å². The summed E-state index contributed by atoms with van der Waals surface area (Å²) in [6.45, 7) is 2.71. The fourth-order valence-corrected chi connectivity index (χ4v) is 1.51. The second-order valence-corrected chi connectivity index (χ2v) is 3.75. The Morgan fingerprint density at radius 1 is 1.47 bits per heavy atom. The van der Waals surface area contributed by atoms with Crippen molar-refractivity contribution in [2.45, 2.75) is 13.0 Å². The zero-order chi connectivity index (χ0) is 12.1. The van der Waals surface area contributed by atoms with Crippen molar-refractivity contribution in [3.05, 3.63) is 31.0 Å². The molecule has 0 amide bonds. The van der Waals surface area contributed by atoms with Crippen molar-refractivity contribution in [2.24, 2.45) is 0 Å². The zero-order valence-corrected chi connectivity index (χ0v) is 9.87. The monoisotopic (exact) mass is 233 g/mol. The molecule has 2 rings (SSSR count). The van der Waals surface area contributed by atoms with E-state index in [9.17, 15) is 0 Å². The summed E-state index contributed by atoms with van der Waals surface area (Å²) in [7, 11) is 1.68. The highest BCUT2D eigenvalue weighted by molar-refractivity contribution is 5.44. The normalized spacial score (nSPS) is 12.4. The standard InChI is InChI=1S/C11H15N5O/c1-9(6-17-2)15-10-3-4-11(13-5-10)16-8-12-7-14-16/h3-5,7-9,15H,6H2,1-2H3. The summed E-state index contributed by atoms with van der Waals surface area (Å²) < 4.78 is 6.67. The molecule has 90 valence electrons. The van der Waals surface area contributed by atoms with Crippen LogP contribution in [-0.4, -0.2) is 39.5 Å². The topological polar surface area (TPSA) is 64.9 Å². The predicted octanol–water partition coefficient (Wildman–Crippen LogP) is 1.11. The number of nitrogens with one attached hydrogen (secondary N) is 1. The lowest BCUT2D eigenvalue weighted by Crippen LogP contribution is -2.20. The summed E-state index contributed by atoms with van der Waals surface area (Å²) in [6.07, 6.45) is 4.86. The fourth-order valence-electron chi connectivity index (χ4n) is 1.51. The van der Waals surface area contributed by atoms with Gasteiger partial charge in [0.1, 0.15) is 12.7 Å². The zero-order valence-electron chi connectivity index (χ0n) is 9.87. The Balaban J connectivity index is 2.03. The maximum atomic E-state index is 5.05. The van der Waals surface area contributed by atoms with Crippen molar-refractivity contribution in [2.75, 3.05) is 19.0 Å². The average Bonchev–Trinajstić information content (AvgIpc) is 2.84. The number of anilines is 1. The third kappa shape index (κ3) is 3.01. The molecule has 0 aromatic carbocycles. The van der Waals surface area contributed by atoms with Crippen LogP contribution >= 0.6 is 0 Å². The van der Waals surface area contributed by atoms with Crippen molar-refractivity contribution >= 4 is 5.69 Å². The van der Waals surface area contributed by atoms with Crippen LogP contribution in [0.5, 0.6) is 0 Å². The van der Waals surface area contributed by atoms with Gasteiger partial charge < -0.3 is 10.1 Å². The molecule has 0 saturated carbocycles. The second kappa shape index (κ2) is 5.40. The van der Waals surface area contributed by atoms with Crippen LogP contribution in [0.3, 0.4) is 0 Å². The Morgan fingerprint density at radius 2 is 2.35 bits per heavy atom. The van der Waals surface area contributed by atoms with E-state index in [1.54, 1.807) is 24.3 Å². The maximum Gasteiger partial charge on any atom is 0.155 e. The molecule has 0 radical (unpaired) electrons. The van der Waals surface area contributed by atoms with E-state index in [0.29, 0.717) is 6.61 Å². The van der Waals surface area contributed by atoms with Crippen LogP contribution in [0.25, 0.3) is 5.82 Å². The van der Waals surface area contributed by atoms with E-state index in [2.05, 4.69) is 27.3 Å². The largest absolute Gasteiger partial charge is 0.383 e. The Bertz CT molecular complexity index is 439. The molecule has 0 aliphatic carbocycles. The Labute approximate surface area is 99.7 Å². The molecule has 0 spiro atoms. The van der Waals surface area contributed by atoms with Crippen molar-refractivity contribution in [1.29, 1.82) is 0 Å². The quantitative estimate of drug-likeness (QED) is 0.838. The van der Waals surface area contributed by atoms with E-state index in [1.165, 1.54) is 6.33 Å². The van der Waals surface area contributed by atoms with E-state index < -0.39 is 0 Å². The van der Waals surface area contributed by atoms with E-state index in [1.807, 2.05) is 12.1 Å². The van der Waals surface area contributed by atoms with Gasteiger partial charge in [0.05, 0.1) is 18.5 Å². The number of pyridine rings is 1. The lowest BCUT2D eigenvalue weighted by molar-refractivity contribution is 0.190. The summed E-state index contributed by atoms with van der Waals surface area (Å²) in [5, 5.41) is 7.29. The van der Waals surface area contributed by atoms with Gasteiger partial charge in [-0.3, -0.25) is 0 Å². The van der Waals surface area contributed by atoms with Crippen molar-refractivity contribution in [1.82, 2.24) is 19.7 Å². The molecule has 0 fully saturated rings. The first-order valence-corrected chi connectivity index (χ1v) is 5.36. The fraction of sp³-hybridized carbons (Fsp3) is 0.364. The lowest BCUT2D eigenvalue weighted by Gasteiger charge is -2.13. The van der Waals surface area contributed by atoms with Gasteiger partial charge in [-0.05, 0) is 19.1 Å². The Kier molecular flexibility index (Phi) is 3.66. The SMILES string of the molecule is COCC(C)Nc1ccc(-n2cncn2)nc1. The van der Waals surface area contributed by atoms with Gasteiger partial charge >= 0.3 is 0 Å². The van der Waals surface area contributed by atoms with Crippen LogP contribution in [-0.2, 0) is 4.74 Å². The first kappa shape index (κ1) is 11.5. The van der Waals surface area contributed by atoms with E-state index in [-0.39, 0.29) is 6.04 Å². The van der Waals surface area contributed by atoms with Crippen LogP contribution in [0, 0.1) is 0 Å². The summed E-state index contributed by atoms with van der Waals surface area (Å²) in [6, 6.07) is 4.09. The van der Waals surface area contributed by atoms with Crippen molar-refractivity contribution in [3.63, 3.8) is 0 Å². The van der Waals surface area contributed by atoms with Gasteiger partial charge in [-0.25, -0.2) is 14.6 Å². The molecule has 0 saturated heterocycles. The maximum absolute atomic E-state index is 5.05. The molecule has 2 aromatic heterocycles. The Hall–Kier alpha value is -1.95. The lowest BCUT2D eigenvalue weighted by atomic mass is 10.3. The number of nitrogens with zero attached hydrogens (tertiary/aromatic N) is 4. The second-order valence-electron chi connectivity index (χ2n) is 3.75. The van der Waals surface area contributed by atoms with E-state index in [4.69, 9.17) is 4.74 Å². The highest BCUT2D eigenvalue weighted by Gasteiger charge is 2.02. The van der Waals surface area contributed by atoms with Crippen LogP contribution in [0.1, 0.15) is 6.92 Å². The van der Waals surface area contributed by atoms with Gasteiger partial charge in [-0.1, -0.05) is 0 Å². The molecule has 2 aromatic rings. The minimum atomic E-state index is 0.249. The molecule has 17 heavy (non-hydrogen) atoms. The summed E-state index contributed by atoms with van der Waals surface area (Å²) in [4.78, 5) is 8.16. The first-order chi connectivity index (χ1) is 8.29. The minimum Gasteiger partial charge on any atom is -0.383 e. The number of methoxy groups -OCH3 is 1. The highest BCUT2D eigenvalue weighted by atomic mass is 16.5. The number of hydrogen-bond acceptors (Lipinski definition) is 5. The van der Waals surface area contributed by atoms with Gasteiger partial charge in [-0.2, -0.15) is 5.10 Å². The van der Waals surface area contributed by atoms with Gasteiger partial charge in [0.25, 0.3) is 0 Å². The van der Waals surface area contributed by atoms with E-state index in [0.717, 1.165) is 11.5 Å². The minimum absolute atomic E-state index is 0.249. The first-order valence-electron chi connectivity index (χ1n) is 5.36. The average molecular weight is 233 g/mol.